The summed E-state index contributed by atoms with van der Waals surface area (Å²) in [7, 11) is 2.73. The predicted molar refractivity (Wildman–Crippen MR) is 232 cm³/mol. The molecule has 0 radical (unpaired) electrons. The van der Waals surface area contributed by atoms with Gasteiger partial charge in [-0.25, -0.2) is 9.59 Å². The maximum atomic E-state index is 14.7. The van der Waals surface area contributed by atoms with E-state index in [9.17, 15) is 43.5 Å². The van der Waals surface area contributed by atoms with Crippen LogP contribution in [0.5, 0.6) is 0 Å². The van der Waals surface area contributed by atoms with Crippen LogP contribution in [0, 0.1) is 5.92 Å². The number of unbranched alkanes of at least 4 members (excludes halogenated alkanes) is 1. The number of nitrogens with two attached hydrogens (primary N) is 3. The van der Waals surface area contributed by atoms with Crippen LogP contribution in [-0.4, -0.2) is 131 Å². The maximum Gasteiger partial charge on any atom is 0.326 e. The summed E-state index contributed by atoms with van der Waals surface area (Å²) in [6.07, 6.45) is 1.29. The van der Waals surface area contributed by atoms with Crippen molar-refractivity contribution in [2.24, 2.45) is 23.1 Å². The van der Waals surface area contributed by atoms with Crippen LogP contribution in [-0.2, 0) is 46.4 Å². The Balaban J connectivity index is 2.20. The van der Waals surface area contributed by atoms with Crippen LogP contribution in [0.1, 0.15) is 82.8 Å². The number of amides is 8. The Bertz CT molecular complexity index is 1830. The zero-order valence-corrected chi connectivity index (χ0v) is 36.3. The summed E-state index contributed by atoms with van der Waals surface area (Å²) in [6, 6.07) is 8.83. The molecule has 18 nitrogen and oxygen atoms in total. The standard InChI is InChI=1S/C44H65N9O9/c1-5-28(2)37-42(59)51(3)33(23-22-29-16-8-6-9-17-29)41(58)52(4)35(27-36(46)54)40(57)49-31(26-30-18-10-7-11-19-30)38(55)48-25-15-13-20-32(39(56)50-37)53(44(47)62)34(43(60)61)21-12-14-24-45/h6-11,16-19,28,31-35,37H,5,12-15,20-27,45H2,1-4H3,(H2,46,54)(H2,47,62)(H,48,55)(H,49,57)(H,50,56)(H,60,61). The lowest BCUT2D eigenvalue weighted by Gasteiger charge is -2.38. The molecular weight excluding hydrogens is 799 g/mol. The molecule has 8 amide bonds. The molecule has 1 fully saturated rings. The molecule has 3 rings (SSSR count). The molecule has 0 aromatic heterocycles. The molecule has 1 heterocycles. The minimum Gasteiger partial charge on any atom is -0.480 e. The highest BCUT2D eigenvalue weighted by molar-refractivity contribution is 5.98. The van der Waals surface area contributed by atoms with E-state index in [0.29, 0.717) is 31.2 Å². The molecule has 62 heavy (non-hydrogen) atoms. The molecule has 7 atom stereocenters. The van der Waals surface area contributed by atoms with Crippen LogP contribution >= 0.6 is 0 Å². The van der Waals surface area contributed by atoms with E-state index in [1.165, 1.54) is 19.0 Å². The Morgan fingerprint density at radius 3 is 2.00 bits per heavy atom. The first-order chi connectivity index (χ1) is 29.5. The van der Waals surface area contributed by atoms with Gasteiger partial charge in [-0.2, -0.15) is 0 Å². The molecule has 0 saturated carbocycles. The number of benzene rings is 2. The number of carbonyl (C=O) groups excluding carboxylic acids is 7. The maximum absolute atomic E-state index is 14.7. The Kier molecular flexibility index (Phi) is 20.3. The molecule has 1 saturated heterocycles. The highest BCUT2D eigenvalue weighted by Gasteiger charge is 2.42. The number of carbonyl (C=O) groups is 8. The summed E-state index contributed by atoms with van der Waals surface area (Å²) in [5.74, 6) is -6.40. The molecule has 2 aromatic rings. The van der Waals surface area contributed by atoms with Gasteiger partial charge < -0.3 is 48.1 Å². The third-order valence-electron chi connectivity index (χ3n) is 11.5. The SMILES string of the molecule is CCC(C)C1NC(=O)C(N(C(N)=O)C(CCCCN)C(=O)O)CCCCNC(=O)C(Cc2ccccc2)NC(=O)C(CC(N)=O)N(C)C(=O)C(CCc2ccccc2)N(C)C1=O. The lowest BCUT2D eigenvalue weighted by Crippen LogP contribution is -2.62. The van der Waals surface area contributed by atoms with Crippen LogP contribution < -0.4 is 33.2 Å². The predicted octanol–water partition coefficient (Wildman–Crippen LogP) is 1.04. The van der Waals surface area contributed by atoms with Gasteiger partial charge in [0.15, 0.2) is 0 Å². The van der Waals surface area contributed by atoms with Gasteiger partial charge in [0.05, 0.1) is 6.42 Å². The number of carboxylic acids is 1. The summed E-state index contributed by atoms with van der Waals surface area (Å²) in [6.45, 7) is 3.86. The van der Waals surface area contributed by atoms with Crippen molar-refractivity contribution >= 4 is 47.4 Å². The molecule has 18 heteroatoms. The van der Waals surface area contributed by atoms with E-state index in [4.69, 9.17) is 17.2 Å². The summed E-state index contributed by atoms with van der Waals surface area (Å²) < 4.78 is 0. The van der Waals surface area contributed by atoms with Crippen LogP contribution in [0.4, 0.5) is 4.79 Å². The Morgan fingerprint density at radius 1 is 0.823 bits per heavy atom. The van der Waals surface area contributed by atoms with Gasteiger partial charge in [-0.05, 0) is 75.0 Å². The molecule has 1 aliphatic heterocycles. The first-order valence-electron chi connectivity index (χ1n) is 21.3. The quantitative estimate of drug-likeness (QED) is 0.118. The van der Waals surface area contributed by atoms with Gasteiger partial charge in [0, 0.05) is 27.1 Å². The van der Waals surface area contributed by atoms with Crippen molar-refractivity contribution in [3.63, 3.8) is 0 Å². The fraction of sp³-hybridized carbons (Fsp3) is 0.545. The molecule has 10 N–H and O–H groups in total. The molecule has 340 valence electrons. The number of likely N-dealkylation sites (N-methyl/N-ethyl adjacent to an activating group) is 2. The fourth-order valence-electron chi connectivity index (χ4n) is 7.63. The zero-order chi connectivity index (χ0) is 45.9. The van der Waals surface area contributed by atoms with E-state index in [0.717, 1.165) is 15.4 Å². The van der Waals surface area contributed by atoms with E-state index < -0.39 is 96.0 Å². The number of primary amides is 2. The van der Waals surface area contributed by atoms with Gasteiger partial charge in [0.25, 0.3) is 0 Å². The number of urea groups is 1. The third kappa shape index (κ3) is 14.6. The second-order valence-corrected chi connectivity index (χ2v) is 15.9. The molecule has 0 spiro atoms. The number of aliphatic carboxylic acids is 1. The van der Waals surface area contributed by atoms with E-state index in [1.54, 1.807) is 37.3 Å². The molecule has 1 aliphatic rings. The normalized spacial score (nSPS) is 22.2. The van der Waals surface area contributed by atoms with Crippen LogP contribution in [0.25, 0.3) is 0 Å². The molecular formula is C44H65N9O9. The summed E-state index contributed by atoms with van der Waals surface area (Å²) >= 11 is 0. The van der Waals surface area contributed by atoms with E-state index in [-0.39, 0.29) is 51.6 Å². The van der Waals surface area contributed by atoms with E-state index in [2.05, 4.69) is 16.0 Å². The Morgan fingerprint density at radius 2 is 1.44 bits per heavy atom. The molecule has 0 aliphatic carbocycles. The van der Waals surface area contributed by atoms with E-state index >= 15 is 0 Å². The fourth-order valence-corrected chi connectivity index (χ4v) is 7.63. The topological polar surface area (TPSA) is 281 Å². The van der Waals surface area contributed by atoms with Crippen molar-refractivity contribution in [3.8, 4) is 0 Å². The summed E-state index contributed by atoms with van der Waals surface area (Å²) in [5, 5.41) is 18.6. The first-order valence-corrected chi connectivity index (χ1v) is 21.3. The average Bonchev–Trinajstić information content (AvgIpc) is 3.24. The lowest BCUT2D eigenvalue weighted by atomic mass is 9.94. The second kappa shape index (κ2) is 25.0. The molecule has 0 bridgehead atoms. The summed E-state index contributed by atoms with van der Waals surface area (Å²) in [5.41, 5.74) is 18.7. The van der Waals surface area contributed by atoms with Crippen molar-refractivity contribution in [2.45, 2.75) is 121 Å². The second-order valence-electron chi connectivity index (χ2n) is 15.9. The largest absolute Gasteiger partial charge is 0.480 e. The van der Waals surface area contributed by atoms with Crippen LogP contribution in [0.2, 0.25) is 0 Å². The van der Waals surface area contributed by atoms with Crippen LogP contribution in [0.3, 0.4) is 0 Å². The van der Waals surface area contributed by atoms with E-state index in [1.807, 2.05) is 37.3 Å². The average molecular weight is 864 g/mol. The monoisotopic (exact) mass is 863 g/mol. The highest BCUT2D eigenvalue weighted by Crippen LogP contribution is 2.22. The van der Waals surface area contributed by atoms with Gasteiger partial charge in [-0.1, -0.05) is 80.9 Å². The lowest BCUT2D eigenvalue weighted by molar-refractivity contribution is -0.150. The van der Waals surface area contributed by atoms with Crippen molar-refractivity contribution in [2.75, 3.05) is 27.2 Å². The Labute approximate surface area is 363 Å². The van der Waals surface area contributed by atoms with Gasteiger partial charge >= 0.3 is 12.0 Å². The Hall–Kier alpha value is -6.04. The van der Waals surface area contributed by atoms with Gasteiger partial charge in [0.2, 0.25) is 35.4 Å². The third-order valence-corrected chi connectivity index (χ3v) is 11.5. The van der Waals surface area contributed by atoms with Gasteiger partial charge in [0.1, 0.15) is 36.3 Å². The number of carboxylic acid groups (broad SMARTS) is 1. The van der Waals surface area contributed by atoms with Gasteiger partial charge in [-0.3, -0.25) is 33.7 Å². The van der Waals surface area contributed by atoms with Crippen LogP contribution in [0.15, 0.2) is 60.7 Å². The zero-order valence-electron chi connectivity index (χ0n) is 36.3. The number of rotatable bonds is 16. The smallest absolute Gasteiger partial charge is 0.326 e. The summed E-state index contributed by atoms with van der Waals surface area (Å²) in [4.78, 5) is 113. The number of aryl methyl sites for hydroxylation is 1. The minimum atomic E-state index is -1.50. The minimum absolute atomic E-state index is 0.0455. The number of hydrogen-bond acceptors (Lipinski definition) is 9. The van der Waals surface area contributed by atoms with Gasteiger partial charge in [-0.15, -0.1) is 0 Å². The molecule has 7 unspecified atom stereocenters. The number of nitrogens with one attached hydrogen (secondary N) is 3. The highest BCUT2D eigenvalue weighted by atomic mass is 16.4. The van der Waals surface area contributed by atoms with Crippen molar-refractivity contribution in [1.29, 1.82) is 0 Å². The number of hydrogen-bond donors (Lipinski definition) is 7. The first kappa shape index (κ1) is 50.3. The number of nitrogens with zero attached hydrogens (tertiary/aromatic N) is 3. The van der Waals surface area contributed by atoms with Crippen molar-refractivity contribution in [3.05, 3.63) is 71.8 Å². The van der Waals surface area contributed by atoms with Crippen molar-refractivity contribution < 1.29 is 43.5 Å². The van der Waals surface area contributed by atoms with Crippen molar-refractivity contribution in [1.82, 2.24) is 30.7 Å². The molecule has 2 aromatic carbocycles.